The average molecular weight is 218 g/mol. The minimum absolute atomic E-state index is 0.286. The summed E-state index contributed by atoms with van der Waals surface area (Å²) in [5.41, 5.74) is -0.172. The van der Waals surface area contributed by atoms with Crippen molar-refractivity contribution in [3.8, 4) is 12.3 Å². The molecule has 1 aromatic heterocycles. The minimum atomic E-state index is -0.940. The van der Waals surface area contributed by atoms with Gasteiger partial charge < -0.3 is 4.74 Å². The first-order valence-corrected chi connectivity index (χ1v) is 4.82. The smallest absolute Gasteiger partial charge is 0.330 e. The number of nitrogens with zero attached hydrogens (tertiary/aromatic N) is 1. The highest BCUT2D eigenvalue weighted by atomic mass is 16.5. The van der Waals surface area contributed by atoms with E-state index in [1.807, 2.05) is 0 Å². The van der Waals surface area contributed by atoms with Crippen molar-refractivity contribution in [2.45, 2.75) is 12.5 Å². The van der Waals surface area contributed by atoms with Crippen LogP contribution in [-0.4, -0.2) is 24.6 Å². The first-order chi connectivity index (χ1) is 7.65. The SMILES string of the molecule is C#CCNC(C)(C(=O)OC)c1ccncc1. The van der Waals surface area contributed by atoms with E-state index < -0.39 is 5.54 Å². The van der Waals surface area contributed by atoms with Gasteiger partial charge in [-0.1, -0.05) is 5.92 Å². The van der Waals surface area contributed by atoms with Gasteiger partial charge in [-0.25, -0.2) is 4.79 Å². The number of methoxy groups -OCH3 is 1. The third-order valence-electron chi connectivity index (χ3n) is 2.40. The van der Waals surface area contributed by atoms with Gasteiger partial charge in [-0.15, -0.1) is 6.42 Å². The van der Waals surface area contributed by atoms with E-state index in [2.05, 4.69) is 16.2 Å². The molecule has 0 spiro atoms. The molecule has 0 fully saturated rings. The Bertz CT molecular complexity index is 397. The van der Waals surface area contributed by atoms with Crippen molar-refractivity contribution in [1.82, 2.24) is 10.3 Å². The van der Waals surface area contributed by atoms with E-state index in [4.69, 9.17) is 11.2 Å². The molecule has 1 aromatic rings. The van der Waals surface area contributed by atoms with Crippen LogP contribution in [0.3, 0.4) is 0 Å². The molecule has 1 unspecified atom stereocenters. The summed E-state index contributed by atoms with van der Waals surface area (Å²) in [7, 11) is 1.35. The molecule has 0 radical (unpaired) electrons. The summed E-state index contributed by atoms with van der Waals surface area (Å²) < 4.78 is 4.78. The van der Waals surface area contributed by atoms with Crippen LogP contribution in [-0.2, 0) is 15.1 Å². The first-order valence-electron chi connectivity index (χ1n) is 4.82. The summed E-state index contributed by atoms with van der Waals surface area (Å²) in [6.07, 6.45) is 8.42. The van der Waals surface area contributed by atoms with Crippen LogP contribution in [0.4, 0.5) is 0 Å². The fraction of sp³-hybridized carbons (Fsp3) is 0.333. The van der Waals surface area contributed by atoms with E-state index >= 15 is 0 Å². The number of carbonyl (C=O) groups is 1. The van der Waals surface area contributed by atoms with Gasteiger partial charge in [0.25, 0.3) is 0 Å². The second-order valence-electron chi connectivity index (χ2n) is 3.41. The standard InChI is InChI=1S/C12H14N2O2/c1-4-7-14-12(2,11(15)16-3)10-5-8-13-9-6-10/h1,5-6,8-9,14H,7H2,2-3H3. The molecular formula is C12H14N2O2. The normalized spacial score (nSPS) is 13.6. The Morgan fingerprint density at radius 1 is 1.62 bits per heavy atom. The van der Waals surface area contributed by atoms with E-state index in [-0.39, 0.29) is 12.5 Å². The molecule has 4 nitrogen and oxygen atoms in total. The second-order valence-corrected chi connectivity index (χ2v) is 3.41. The maximum absolute atomic E-state index is 11.8. The summed E-state index contributed by atoms with van der Waals surface area (Å²) in [5, 5.41) is 2.97. The highest BCUT2D eigenvalue weighted by Gasteiger charge is 2.35. The number of hydrogen-bond acceptors (Lipinski definition) is 4. The quantitative estimate of drug-likeness (QED) is 0.597. The summed E-state index contributed by atoms with van der Waals surface area (Å²) >= 11 is 0. The van der Waals surface area contributed by atoms with E-state index in [0.29, 0.717) is 0 Å². The number of rotatable bonds is 4. The van der Waals surface area contributed by atoms with Crippen LogP contribution in [0.15, 0.2) is 24.5 Å². The highest BCUT2D eigenvalue weighted by Crippen LogP contribution is 2.21. The molecule has 0 saturated heterocycles. The molecule has 1 heterocycles. The Morgan fingerprint density at radius 2 is 2.25 bits per heavy atom. The molecule has 16 heavy (non-hydrogen) atoms. The summed E-state index contributed by atoms with van der Waals surface area (Å²) in [6.45, 7) is 2.01. The van der Waals surface area contributed by atoms with Crippen molar-refractivity contribution < 1.29 is 9.53 Å². The molecule has 1 atom stereocenters. The van der Waals surface area contributed by atoms with Gasteiger partial charge >= 0.3 is 5.97 Å². The monoisotopic (exact) mass is 218 g/mol. The molecule has 1 rings (SSSR count). The van der Waals surface area contributed by atoms with Crippen LogP contribution in [0.25, 0.3) is 0 Å². The molecule has 1 N–H and O–H groups in total. The fourth-order valence-electron chi connectivity index (χ4n) is 1.41. The van der Waals surface area contributed by atoms with Crippen LogP contribution < -0.4 is 5.32 Å². The number of pyridine rings is 1. The molecule has 0 aliphatic rings. The van der Waals surface area contributed by atoms with Crippen molar-refractivity contribution in [1.29, 1.82) is 0 Å². The van der Waals surface area contributed by atoms with Crippen molar-refractivity contribution >= 4 is 5.97 Å². The average Bonchev–Trinajstić information content (AvgIpc) is 2.36. The highest BCUT2D eigenvalue weighted by molar-refractivity contribution is 5.82. The number of terminal acetylenes is 1. The lowest BCUT2D eigenvalue weighted by atomic mass is 9.93. The predicted molar refractivity (Wildman–Crippen MR) is 60.4 cm³/mol. The van der Waals surface area contributed by atoms with Crippen LogP contribution in [0.1, 0.15) is 12.5 Å². The van der Waals surface area contributed by atoms with Gasteiger partial charge in [-0.05, 0) is 24.6 Å². The molecule has 0 aromatic carbocycles. The Balaban J connectivity index is 3.05. The lowest BCUT2D eigenvalue weighted by molar-refractivity contribution is -0.148. The maximum atomic E-state index is 11.8. The molecule has 4 heteroatoms. The Kier molecular flexibility index (Phi) is 4.03. The molecule has 0 aliphatic carbocycles. The Morgan fingerprint density at radius 3 is 2.75 bits per heavy atom. The number of nitrogens with one attached hydrogen (secondary N) is 1. The lowest BCUT2D eigenvalue weighted by Crippen LogP contribution is -2.47. The van der Waals surface area contributed by atoms with E-state index in [1.54, 1.807) is 31.5 Å². The van der Waals surface area contributed by atoms with E-state index in [0.717, 1.165) is 5.56 Å². The molecule has 0 aliphatic heterocycles. The zero-order valence-corrected chi connectivity index (χ0v) is 9.36. The number of aromatic nitrogens is 1. The zero-order chi connectivity index (χ0) is 12.0. The Hall–Kier alpha value is -1.86. The maximum Gasteiger partial charge on any atom is 0.330 e. The van der Waals surface area contributed by atoms with Crippen LogP contribution in [0.2, 0.25) is 0 Å². The number of carbonyl (C=O) groups excluding carboxylic acids is 1. The van der Waals surface area contributed by atoms with Gasteiger partial charge in [-0.3, -0.25) is 10.3 Å². The Labute approximate surface area is 95.0 Å². The van der Waals surface area contributed by atoms with Crippen molar-refractivity contribution in [2.24, 2.45) is 0 Å². The largest absolute Gasteiger partial charge is 0.467 e. The molecule has 0 saturated carbocycles. The van der Waals surface area contributed by atoms with Gasteiger partial charge in [0.2, 0.25) is 0 Å². The lowest BCUT2D eigenvalue weighted by Gasteiger charge is -2.27. The second kappa shape index (κ2) is 5.29. The molecule has 84 valence electrons. The predicted octanol–water partition coefficient (Wildman–Crippen LogP) is 0.693. The van der Waals surface area contributed by atoms with E-state index in [1.165, 1.54) is 7.11 Å². The van der Waals surface area contributed by atoms with Gasteiger partial charge in [0.15, 0.2) is 0 Å². The third-order valence-corrected chi connectivity index (χ3v) is 2.40. The van der Waals surface area contributed by atoms with Gasteiger partial charge in [0.05, 0.1) is 13.7 Å². The fourth-order valence-corrected chi connectivity index (χ4v) is 1.41. The van der Waals surface area contributed by atoms with Crippen molar-refractivity contribution in [3.05, 3.63) is 30.1 Å². The number of esters is 1. The van der Waals surface area contributed by atoms with Gasteiger partial charge in [0.1, 0.15) is 5.54 Å². The van der Waals surface area contributed by atoms with Gasteiger partial charge in [-0.2, -0.15) is 0 Å². The van der Waals surface area contributed by atoms with E-state index in [9.17, 15) is 4.79 Å². The number of ether oxygens (including phenoxy) is 1. The van der Waals surface area contributed by atoms with Crippen LogP contribution >= 0.6 is 0 Å². The van der Waals surface area contributed by atoms with Crippen molar-refractivity contribution in [3.63, 3.8) is 0 Å². The molecule has 0 bridgehead atoms. The van der Waals surface area contributed by atoms with Crippen LogP contribution in [0.5, 0.6) is 0 Å². The molecule has 0 amide bonds. The topological polar surface area (TPSA) is 51.2 Å². The van der Waals surface area contributed by atoms with Crippen LogP contribution in [0, 0.1) is 12.3 Å². The minimum Gasteiger partial charge on any atom is -0.467 e. The molecular weight excluding hydrogens is 204 g/mol. The third kappa shape index (κ3) is 2.38. The van der Waals surface area contributed by atoms with Crippen molar-refractivity contribution in [2.75, 3.05) is 13.7 Å². The summed E-state index contributed by atoms with van der Waals surface area (Å²) in [6, 6.07) is 3.50. The zero-order valence-electron chi connectivity index (χ0n) is 9.36. The summed E-state index contributed by atoms with van der Waals surface area (Å²) in [5.74, 6) is 2.06. The first kappa shape index (κ1) is 12.2. The number of hydrogen-bond donors (Lipinski definition) is 1. The summed E-state index contributed by atoms with van der Waals surface area (Å²) in [4.78, 5) is 15.7. The van der Waals surface area contributed by atoms with Gasteiger partial charge in [0, 0.05) is 12.4 Å².